The van der Waals surface area contributed by atoms with Crippen LogP contribution >= 0.6 is 0 Å². The largest absolute Gasteiger partial charge is 0.422 e. The summed E-state index contributed by atoms with van der Waals surface area (Å²) in [6.45, 7) is 5.59. The van der Waals surface area contributed by atoms with Gasteiger partial charge in [-0.2, -0.15) is 0 Å². The van der Waals surface area contributed by atoms with Crippen LogP contribution < -0.4 is 0 Å². The molecule has 0 aliphatic heterocycles. The molecule has 0 N–H and O–H groups in total. The molecular formula is C21H24O4. The van der Waals surface area contributed by atoms with Crippen LogP contribution in [0.1, 0.15) is 46.5 Å². The Balaban J connectivity index is 1.80. The third-order valence-corrected chi connectivity index (χ3v) is 7.17. The summed E-state index contributed by atoms with van der Waals surface area (Å²) in [5.74, 6) is 0.885. The number of carbonyl (C=O) groups excluding carboxylic acids is 3. The highest BCUT2D eigenvalue weighted by Crippen LogP contribution is 2.62. The van der Waals surface area contributed by atoms with Gasteiger partial charge in [-0.15, -0.1) is 0 Å². The molecule has 0 spiro atoms. The van der Waals surface area contributed by atoms with Gasteiger partial charge in [-0.25, -0.2) is 0 Å². The molecule has 132 valence electrons. The van der Waals surface area contributed by atoms with Gasteiger partial charge in [-0.1, -0.05) is 32.1 Å². The molecule has 5 atom stereocenters. The lowest BCUT2D eigenvalue weighted by molar-refractivity contribution is -0.140. The van der Waals surface area contributed by atoms with Crippen molar-refractivity contribution in [3.05, 3.63) is 35.6 Å². The number of fused-ring (bicyclic) bond motifs is 5. The Morgan fingerprint density at radius 2 is 1.92 bits per heavy atom. The van der Waals surface area contributed by atoms with Crippen molar-refractivity contribution in [2.24, 2.45) is 28.6 Å². The first-order valence-electron chi connectivity index (χ1n) is 9.15. The summed E-state index contributed by atoms with van der Waals surface area (Å²) in [5, 5.41) is 0. The van der Waals surface area contributed by atoms with Crippen LogP contribution in [0.5, 0.6) is 0 Å². The van der Waals surface area contributed by atoms with Crippen LogP contribution in [0.4, 0.5) is 0 Å². The number of hydrogen-bond donors (Lipinski definition) is 0. The first kappa shape index (κ1) is 16.5. The highest BCUT2D eigenvalue weighted by atomic mass is 16.5. The maximum Gasteiger partial charge on any atom is 0.308 e. The van der Waals surface area contributed by atoms with E-state index in [0.29, 0.717) is 30.0 Å². The van der Waals surface area contributed by atoms with Crippen LogP contribution in [0.15, 0.2) is 35.6 Å². The molecule has 0 aromatic rings. The summed E-state index contributed by atoms with van der Waals surface area (Å²) in [4.78, 5) is 36.1. The van der Waals surface area contributed by atoms with Crippen LogP contribution in [-0.4, -0.2) is 17.5 Å². The van der Waals surface area contributed by atoms with E-state index in [9.17, 15) is 14.4 Å². The Hall–Kier alpha value is -1.97. The van der Waals surface area contributed by atoms with Gasteiger partial charge in [0.05, 0.1) is 0 Å². The lowest BCUT2D eigenvalue weighted by atomic mass is 9.50. The highest BCUT2D eigenvalue weighted by Gasteiger charge is 2.58. The number of ketones is 2. The molecule has 0 unspecified atom stereocenters. The molecule has 4 aliphatic carbocycles. The molecular weight excluding hydrogens is 316 g/mol. The van der Waals surface area contributed by atoms with Gasteiger partial charge in [-0.05, 0) is 43.1 Å². The van der Waals surface area contributed by atoms with E-state index in [4.69, 9.17) is 4.74 Å². The van der Waals surface area contributed by atoms with Gasteiger partial charge in [0.25, 0.3) is 0 Å². The molecule has 2 fully saturated rings. The molecule has 0 bridgehead atoms. The molecule has 0 aromatic carbocycles. The van der Waals surface area contributed by atoms with Gasteiger partial charge in [-0.3, -0.25) is 14.4 Å². The number of Topliss-reactive ketones (excluding diaryl/α,β-unsaturated/α-hetero) is 1. The predicted octanol–water partition coefficient (Wildman–Crippen LogP) is 3.53. The third kappa shape index (κ3) is 2.16. The zero-order valence-electron chi connectivity index (χ0n) is 15.0. The maximum atomic E-state index is 12.4. The average molecular weight is 340 g/mol. The van der Waals surface area contributed by atoms with Crippen molar-refractivity contribution >= 4 is 17.5 Å². The van der Waals surface area contributed by atoms with Crippen LogP contribution in [0, 0.1) is 28.6 Å². The Morgan fingerprint density at radius 1 is 1.16 bits per heavy atom. The maximum absolute atomic E-state index is 12.4. The minimum Gasteiger partial charge on any atom is -0.422 e. The van der Waals surface area contributed by atoms with E-state index in [2.05, 4.69) is 19.9 Å². The van der Waals surface area contributed by atoms with Crippen molar-refractivity contribution in [2.75, 3.05) is 0 Å². The molecule has 25 heavy (non-hydrogen) atoms. The zero-order chi connectivity index (χ0) is 18.0. The van der Waals surface area contributed by atoms with E-state index < -0.39 is 5.97 Å². The fourth-order valence-corrected chi connectivity index (χ4v) is 5.76. The lowest BCUT2D eigenvalue weighted by Crippen LogP contribution is -2.48. The second-order valence-electron chi connectivity index (χ2n) is 8.38. The first-order chi connectivity index (χ1) is 11.8. The number of ether oxygens (including phenoxy) is 1. The minimum absolute atomic E-state index is 0.169. The van der Waals surface area contributed by atoms with E-state index in [1.807, 2.05) is 12.2 Å². The van der Waals surface area contributed by atoms with Crippen LogP contribution in [0.3, 0.4) is 0 Å². The van der Waals surface area contributed by atoms with E-state index in [1.54, 1.807) is 6.08 Å². The lowest BCUT2D eigenvalue weighted by Gasteiger charge is -2.53. The van der Waals surface area contributed by atoms with Gasteiger partial charge in [0.1, 0.15) is 5.78 Å². The Labute approximate surface area is 148 Å². The summed E-state index contributed by atoms with van der Waals surface area (Å²) in [6.07, 6.45) is 11.1. The molecule has 0 heterocycles. The fourth-order valence-electron chi connectivity index (χ4n) is 5.76. The van der Waals surface area contributed by atoms with E-state index in [0.717, 1.165) is 24.8 Å². The summed E-state index contributed by atoms with van der Waals surface area (Å²) in [5.41, 5.74) is 0.283. The monoisotopic (exact) mass is 340 g/mol. The van der Waals surface area contributed by atoms with E-state index in [1.165, 1.54) is 6.92 Å². The van der Waals surface area contributed by atoms with Crippen molar-refractivity contribution in [1.82, 2.24) is 0 Å². The van der Waals surface area contributed by atoms with E-state index in [-0.39, 0.29) is 22.4 Å². The number of carbonyl (C=O) groups is 3. The van der Waals surface area contributed by atoms with Crippen molar-refractivity contribution in [1.29, 1.82) is 0 Å². The number of hydrogen-bond acceptors (Lipinski definition) is 4. The Bertz CT molecular complexity index is 771. The Kier molecular flexibility index (Phi) is 3.47. The molecule has 4 aliphatic rings. The number of rotatable bonds is 1. The second kappa shape index (κ2) is 5.26. The third-order valence-electron chi connectivity index (χ3n) is 7.17. The highest BCUT2D eigenvalue weighted by molar-refractivity contribution is 6.06. The number of allylic oxidation sites excluding steroid dienone is 5. The minimum atomic E-state index is -0.471. The molecule has 4 heteroatoms. The standard InChI is InChI=1S/C21H24O4/c1-12(22)25-19-16-5-4-13-14-6-7-18(24)21(14,3)10-8-15(13)20(16,2)11-9-17(19)23/h4-5,9,11,13-15H,6-8,10H2,1-3H3/t13-,14-,15-,20+,21-/m0/s1. The van der Waals surface area contributed by atoms with Gasteiger partial charge in [0.2, 0.25) is 5.78 Å². The predicted molar refractivity (Wildman–Crippen MR) is 92.2 cm³/mol. The van der Waals surface area contributed by atoms with Gasteiger partial charge >= 0.3 is 5.97 Å². The molecule has 0 amide bonds. The van der Waals surface area contributed by atoms with E-state index >= 15 is 0 Å². The average Bonchev–Trinajstić information content (AvgIpc) is 2.86. The summed E-state index contributed by atoms with van der Waals surface area (Å²) < 4.78 is 5.28. The summed E-state index contributed by atoms with van der Waals surface area (Å²) >= 11 is 0. The smallest absolute Gasteiger partial charge is 0.308 e. The van der Waals surface area contributed by atoms with Crippen LogP contribution in [-0.2, 0) is 19.1 Å². The molecule has 0 radical (unpaired) electrons. The van der Waals surface area contributed by atoms with Gasteiger partial charge < -0.3 is 4.74 Å². The molecule has 4 nitrogen and oxygen atoms in total. The molecule has 2 saturated carbocycles. The molecule has 0 aromatic heterocycles. The first-order valence-corrected chi connectivity index (χ1v) is 9.15. The number of esters is 1. The molecule has 4 rings (SSSR count). The van der Waals surface area contributed by atoms with Crippen LogP contribution in [0.2, 0.25) is 0 Å². The van der Waals surface area contributed by atoms with Gasteiger partial charge in [0.15, 0.2) is 5.76 Å². The normalized spacial score (nSPS) is 42.1. The van der Waals surface area contributed by atoms with Gasteiger partial charge in [0, 0.05) is 29.7 Å². The zero-order valence-corrected chi connectivity index (χ0v) is 15.0. The topological polar surface area (TPSA) is 60.4 Å². The van der Waals surface area contributed by atoms with Crippen LogP contribution in [0.25, 0.3) is 0 Å². The van der Waals surface area contributed by atoms with Crippen molar-refractivity contribution in [3.63, 3.8) is 0 Å². The summed E-state index contributed by atoms with van der Waals surface area (Å²) in [7, 11) is 0. The SMILES string of the molecule is CC(=O)OC1=C2C=C[C@@H]3[C@H](CC[C@]4(C)C(=O)CC[C@@H]34)[C@@]2(C)C=CC1=O. The van der Waals surface area contributed by atoms with Crippen molar-refractivity contribution < 1.29 is 19.1 Å². The summed E-state index contributed by atoms with van der Waals surface area (Å²) in [6, 6.07) is 0. The molecule has 0 saturated heterocycles. The fraction of sp³-hybridized carbons (Fsp3) is 0.571. The second-order valence-corrected chi connectivity index (χ2v) is 8.38. The quantitative estimate of drug-likeness (QED) is 0.685. The van der Waals surface area contributed by atoms with Crippen molar-refractivity contribution in [2.45, 2.75) is 46.5 Å². The van der Waals surface area contributed by atoms with Crippen molar-refractivity contribution in [3.8, 4) is 0 Å². The Morgan fingerprint density at radius 3 is 2.64 bits per heavy atom.